The molecule has 1 unspecified atom stereocenters. The molecule has 0 amide bonds. The van der Waals surface area contributed by atoms with Gasteiger partial charge in [0.05, 0.1) is 5.38 Å². The van der Waals surface area contributed by atoms with E-state index in [1.807, 2.05) is 42.5 Å². The third-order valence-corrected chi connectivity index (χ3v) is 3.77. The van der Waals surface area contributed by atoms with Crippen molar-refractivity contribution in [1.29, 1.82) is 0 Å². The van der Waals surface area contributed by atoms with Crippen molar-refractivity contribution in [3.63, 3.8) is 0 Å². The molecular formula is C16H17ClN6. The Bertz CT molecular complexity index is 758. The first-order valence-corrected chi connectivity index (χ1v) is 7.69. The molecule has 0 fully saturated rings. The highest BCUT2D eigenvalue weighted by Crippen LogP contribution is 2.22. The quantitative estimate of drug-likeness (QED) is 0.605. The molecule has 2 aromatic heterocycles. The van der Waals surface area contributed by atoms with Crippen LogP contribution in [0.3, 0.4) is 0 Å². The summed E-state index contributed by atoms with van der Waals surface area (Å²) in [5, 5.41) is 12.9. The van der Waals surface area contributed by atoms with Crippen LogP contribution in [0.1, 0.15) is 10.9 Å². The van der Waals surface area contributed by atoms with E-state index in [-0.39, 0.29) is 5.38 Å². The van der Waals surface area contributed by atoms with Crippen LogP contribution in [0.2, 0.25) is 0 Å². The second kappa shape index (κ2) is 7.11. The van der Waals surface area contributed by atoms with Crippen LogP contribution >= 0.6 is 11.6 Å². The van der Waals surface area contributed by atoms with E-state index in [0.29, 0.717) is 18.3 Å². The zero-order valence-electron chi connectivity index (χ0n) is 12.6. The predicted molar refractivity (Wildman–Crippen MR) is 92.7 cm³/mol. The van der Waals surface area contributed by atoms with Crippen LogP contribution in [0.4, 0.5) is 11.8 Å². The summed E-state index contributed by atoms with van der Waals surface area (Å²) in [7, 11) is 1.77. The summed E-state index contributed by atoms with van der Waals surface area (Å²) in [6, 6.07) is 13.7. The average molecular weight is 329 g/mol. The van der Waals surface area contributed by atoms with Crippen LogP contribution in [-0.2, 0) is 0 Å². The minimum absolute atomic E-state index is 0.122. The van der Waals surface area contributed by atoms with Crippen molar-refractivity contribution in [3.05, 3.63) is 54.2 Å². The zero-order chi connectivity index (χ0) is 16.1. The Morgan fingerprint density at radius 3 is 2.78 bits per heavy atom. The van der Waals surface area contributed by atoms with Gasteiger partial charge in [0.15, 0.2) is 5.82 Å². The summed E-state index contributed by atoms with van der Waals surface area (Å²) < 4.78 is 0. The number of halogens is 1. The van der Waals surface area contributed by atoms with Crippen molar-refractivity contribution in [2.75, 3.05) is 24.2 Å². The molecule has 118 valence electrons. The molecule has 0 aliphatic heterocycles. The lowest BCUT2D eigenvalue weighted by Crippen LogP contribution is -2.09. The summed E-state index contributed by atoms with van der Waals surface area (Å²) in [6.45, 7) is 0.584. The second-order valence-electron chi connectivity index (χ2n) is 4.95. The van der Waals surface area contributed by atoms with Gasteiger partial charge in [0, 0.05) is 25.4 Å². The molecule has 0 spiro atoms. The van der Waals surface area contributed by atoms with E-state index in [4.69, 9.17) is 11.6 Å². The number of nitrogens with one attached hydrogen (secondary N) is 3. The predicted octanol–water partition coefficient (Wildman–Crippen LogP) is 3.30. The van der Waals surface area contributed by atoms with E-state index < -0.39 is 0 Å². The Hall–Kier alpha value is -2.60. The summed E-state index contributed by atoms with van der Waals surface area (Å²) in [6.07, 6.45) is 1.73. The highest BCUT2D eigenvalue weighted by molar-refractivity contribution is 6.21. The fourth-order valence-electron chi connectivity index (χ4n) is 2.15. The second-order valence-corrected chi connectivity index (χ2v) is 5.47. The molecule has 0 saturated carbocycles. The third kappa shape index (κ3) is 3.78. The van der Waals surface area contributed by atoms with E-state index in [1.54, 1.807) is 13.2 Å². The normalized spacial score (nSPS) is 11.9. The Labute approximate surface area is 139 Å². The number of rotatable bonds is 6. The van der Waals surface area contributed by atoms with Crippen LogP contribution in [0.5, 0.6) is 0 Å². The number of aromatic amines is 1. The van der Waals surface area contributed by atoms with E-state index >= 15 is 0 Å². The lowest BCUT2D eigenvalue weighted by atomic mass is 10.1. The average Bonchev–Trinajstić information content (AvgIpc) is 3.10. The van der Waals surface area contributed by atoms with Gasteiger partial charge >= 0.3 is 0 Å². The van der Waals surface area contributed by atoms with Crippen LogP contribution in [0, 0.1) is 0 Å². The number of alkyl halides is 1. The summed E-state index contributed by atoms with van der Waals surface area (Å²) in [5.74, 6) is 1.98. The molecule has 1 aromatic carbocycles. The molecule has 0 radical (unpaired) electrons. The number of anilines is 2. The standard InChI is InChI=1S/C16H17ClN6/c1-18-16-21-15(22-23-16)12-7-8-19-14(9-12)20-10-13(17)11-5-3-2-4-6-11/h2-9,13H,10H2,1H3,(H,19,20)(H2,18,21,22,23). The van der Waals surface area contributed by atoms with Gasteiger partial charge < -0.3 is 10.6 Å². The van der Waals surface area contributed by atoms with E-state index in [1.165, 1.54) is 0 Å². The Kier molecular flexibility index (Phi) is 4.73. The summed E-state index contributed by atoms with van der Waals surface area (Å²) >= 11 is 6.41. The Balaban J connectivity index is 1.68. The van der Waals surface area contributed by atoms with Crippen molar-refractivity contribution in [3.8, 4) is 11.4 Å². The fraction of sp³-hybridized carbons (Fsp3) is 0.188. The van der Waals surface area contributed by atoms with Gasteiger partial charge in [-0.05, 0) is 17.7 Å². The SMILES string of the molecule is CNc1n[nH]c(-c2ccnc(NCC(Cl)c3ccccc3)c2)n1. The molecule has 2 heterocycles. The molecule has 1 atom stereocenters. The Morgan fingerprint density at radius 2 is 2.04 bits per heavy atom. The lowest BCUT2D eigenvalue weighted by molar-refractivity contribution is 0.967. The van der Waals surface area contributed by atoms with Crippen molar-refractivity contribution in [2.45, 2.75) is 5.38 Å². The number of hydrogen-bond acceptors (Lipinski definition) is 5. The molecule has 7 heteroatoms. The van der Waals surface area contributed by atoms with Crippen LogP contribution < -0.4 is 10.6 Å². The van der Waals surface area contributed by atoms with Gasteiger partial charge in [0.2, 0.25) is 5.95 Å². The first kappa shape index (κ1) is 15.3. The number of nitrogens with zero attached hydrogens (tertiary/aromatic N) is 3. The smallest absolute Gasteiger partial charge is 0.242 e. The molecule has 3 N–H and O–H groups in total. The number of benzene rings is 1. The van der Waals surface area contributed by atoms with Crippen LogP contribution in [-0.4, -0.2) is 33.8 Å². The number of H-pyrrole nitrogens is 1. The molecule has 3 rings (SSSR count). The van der Waals surface area contributed by atoms with E-state index in [9.17, 15) is 0 Å². The minimum Gasteiger partial charge on any atom is -0.368 e. The molecule has 0 saturated heterocycles. The molecule has 0 bridgehead atoms. The number of pyridine rings is 1. The lowest BCUT2D eigenvalue weighted by Gasteiger charge is -2.12. The maximum atomic E-state index is 6.41. The molecule has 23 heavy (non-hydrogen) atoms. The molecule has 0 aliphatic carbocycles. The van der Waals surface area contributed by atoms with Crippen LogP contribution in [0.25, 0.3) is 11.4 Å². The molecular weight excluding hydrogens is 312 g/mol. The number of aromatic nitrogens is 4. The highest BCUT2D eigenvalue weighted by atomic mass is 35.5. The van der Waals surface area contributed by atoms with Gasteiger partial charge in [-0.1, -0.05) is 30.3 Å². The molecule has 3 aromatic rings. The third-order valence-electron chi connectivity index (χ3n) is 3.37. The van der Waals surface area contributed by atoms with Gasteiger partial charge in [-0.2, -0.15) is 4.98 Å². The highest BCUT2D eigenvalue weighted by Gasteiger charge is 2.09. The Morgan fingerprint density at radius 1 is 1.22 bits per heavy atom. The fourth-order valence-corrected chi connectivity index (χ4v) is 2.37. The van der Waals surface area contributed by atoms with E-state index in [0.717, 1.165) is 16.9 Å². The van der Waals surface area contributed by atoms with Gasteiger partial charge in [-0.3, -0.25) is 5.10 Å². The zero-order valence-corrected chi connectivity index (χ0v) is 13.4. The van der Waals surface area contributed by atoms with Gasteiger partial charge in [-0.15, -0.1) is 16.7 Å². The topological polar surface area (TPSA) is 78.5 Å². The van der Waals surface area contributed by atoms with Crippen molar-refractivity contribution >= 4 is 23.4 Å². The first-order chi connectivity index (χ1) is 11.3. The summed E-state index contributed by atoms with van der Waals surface area (Å²) in [4.78, 5) is 8.63. The first-order valence-electron chi connectivity index (χ1n) is 7.25. The maximum Gasteiger partial charge on any atom is 0.242 e. The van der Waals surface area contributed by atoms with Gasteiger partial charge in [0.25, 0.3) is 0 Å². The van der Waals surface area contributed by atoms with Crippen LogP contribution in [0.15, 0.2) is 48.7 Å². The van der Waals surface area contributed by atoms with Gasteiger partial charge in [-0.25, -0.2) is 4.98 Å². The minimum atomic E-state index is -0.122. The molecule has 6 nitrogen and oxygen atoms in total. The maximum absolute atomic E-state index is 6.41. The summed E-state index contributed by atoms with van der Waals surface area (Å²) in [5.41, 5.74) is 1.98. The van der Waals surface area contributed by atoms with Crippen molar-refractivity contribution < 1.29 is 0 Å². The monoisotopic (exact) mass is 328 g/mol. The largest absolute Gasteiger partial charge is 0.368 e. The molecule has 0 aliphatic rings. The number of hydrogen-bond donors (Lipinski definition) is 3. The van der Waals surface area contributed by atoms with E-state index in [2.05, 4.69) is 30.8 Å². The van der Waals surface area contributed by atoms with Crippen molar-refractivity contribution in [1.82, 2.24) is 20.2 Å². The van der Waals surface area contributed by atoms with Crippen molar-refractivity contribution in [2.24, 2.45) is 0 Å². The van der Waals surface area contributed by atoms with Gasteiger partial charge in [0.1, 0.15) is 5.82 Å².